The molecule has 0 saturated heterocycles. The quantitative estimate of drug-likeness (QED) is 0.288. The minimum atomic E-state index is -4.59. The van der Waals surface area contributed by atoms with E-state index < -0.39 is 17.6 Å². The lowest BCUT2D eigenvalue weighted by molar-refractivity contribution is -0.137. The summed E-state index contributed by atoms with van der Waals surface area (Å²) in [5.74, 6) is 0.110. The van der Waals surface area contributed by atoms with Crippen LogP contribution in [0, 0.1) is 5.82 Å². The number of rotatable bonds is 5. The summed E-state index contributed by atoms with van der Waals surface area (Å²) in [6, 6.07) is 12.8. The molecule has 0 amide bonds. The van der Waals surface area contributed by atoms with Crippen LogP contribution in [0.1, 0.15) is 11.1 Å². The number of benzene rings is 2. The predicted octanol–water partition coefficient (Wildman–Crippen LogP) is 6.70. The second-order valence-electron chi connectivity index (χ2n) is 7.72. The van der Waals surface area contributed by atoms with E-state index in [1.165, 1.54) is 36.4 Å². The number of hydrogen-bond acceptors (Lipinski definition) is 4. The van der Waals surface area contributed by atoms with Gasteiger partial charge in [0.15, 0.2) is 5.82 Å². The summed E-state index contributed by atoms with van der Waals surface area (Å²) in [7, 11) is 0. The van der Waals surface area contributed by atoms with E-state index in [0.29, 0.717) is 33.8 Å². The van der Waals surface area contributed by atoms with Crippen LogP contribution in [0.25, 0.3) is 33.9 Å². The third-order valence-corrected chi connectivity index (χ3v) is 5.46. The number of nitrogens with one attached hydrogen (secondary N) is 1. The lowest BCUT2D eigenvalue weighted by Crippen LogP contribution is -2.11. The van der Waals surface area contributed by atoms with Gasteiger partial charge in [0.25, 0.3) is 0 Å². The van der Waals surface area contributed by atoms with Gasteiger partial charge in [-0.25, -0.2) is 14.4 Å². The zero-order valence-corrected chi connectivity index (χ0v) is 18.1. The molecule has 3 aromatic heterocycles. The zero-order chi connectivity index (χ0) is 24.6. The highest BCUT2D eigenvalue weighted by molar-refractivity contribution is 5.85. The Balaban J connectivity index is 1.60. The molecule has 174 valence electrons. The number of aromatic nitrogens is 4. The van der Waals surface area contributed by atoms with Crippen LogP contribution in [0.3, 0.4) is 0 Å². The molecule has 1 N–H and O–H groups in total. The molecule has 2 aromatic carbocycles. The van der Waals surface area contributed by atoms with Gasteiger partial charge < -0.3 is 5.32 Å². The number of alkyl halides is 3. The Hall–Kier alpha value is -4.53. The molecule has 0 saturated carbocycles. The fourth-order valence-electron chi connectivity index (χ4n) is 3.85. The normalized spacial score (nSPS) is 11.5. The van der Waals surface area contributed by atoms with Crippen molar-refractivity contribution in [1.29, 1.82) is 0 Å². The molecule has 3 heterocycles. The number of anilines is 1. The minimum Gasteiger partial charge on any atom is -0.356 e. The standard InChI is InChI=1S/C26H17F4N5/c1-16(34-19-7-5-18(27)6-8-19)21-13-17(4-9-22(21)26(28,29)30)20-3-2-12-35-24(20)15-33-25(35)23-14-31-10-11-32-23/h2-15,34H,1H2. The third-order valence-electron chi connectivity index (χ3n) is 5.46. The number of nitrogens with zero attached hydrogens (tertiary/aromatic N) is 4. The van der Waals surface area contributed by atoms with Crippen molar-refractivity contribution < 1.29 is 17.6 Å². The maximum absolute atomic E-state index is 13.8. The fraction of sp³-hybridized carbons (Fsp3) is 0.0385. The first-order valence-corrected chi connectivity index (χ1v) is 10.5. The lowest BCUT2D eigenvalue weighted by atomic mass is 9.97. The molecular formula is C26H17F4N5. The van der Waals surface area contributed by atoms with E-state index in [1.807, 2.05) is 4.40 Å². The van der Waals surface area contributed by atoms with Crippen molar-refractivity contribution in [2.24, 2.45) is 0 Å². The van der Waals surface area contributed by atoms with E-state index in [4.69, 9.17) is 0 Å². The van der Waals surface area contributed by atoms with E-state index >= 15 is 0 Å². The highest BCUT2D eigenvalue weighted by Gasteiger charge is 2.34. The number of pyridine rings is 1. The van der Waals surface area contributed by atoms with Gasteiger partial charge in [-0.2, -0.15) is 13.2 Å². The Kier molecular flexibility index (Phi) is 5.52. The SMILES string of the molecule is C=C(Nc1ccc(F)cc1)c1cc(-c2cccn3c(-c4cnccn4)ncc23)ccc1C(F)(F)F. The second-order valence-corrected chi connectivity index (χ2v) is 7.72. The molecule has 35 heavy (non-hydrogen) atoms. The van der Waals surface area contributed by atoms with Gasteiger partial charge in [-0.05, 0) is 48.0 Å². The Morgan fingerprint density at radius 1 is 0.943 bits per heavy atom. The van der Waals surface area contributed by atoms with Crippen LogP contribution in [0.4, 0.5) is 23.2 Å². The average Bonchev–Trinajstić information content (AvgIpc) is 3.29. The Bertz CT molecular complexity index is 1520. The van der Waals surface area contributed by atoms with Crippen molar-refractivity contribution in [1.82, 2.24) is 19.4 Å². The predicted molar refractivity (Wildman–Crippen MR) is 126 cm³/mol. The van der Waals surface area contributed by atoms with Gasteiger partial charge in [-0.3, -0.25) is 9.38 Å². The minimum absolute atomic E-state index is 0.0338. The highest BCUT2D eigenvalue weighted by atomic mass is 19.4. The molecule has 0 atom stereocenters. The topological polar surface area (TPSA) is 55.1 Å². The van der Waals surface area contributed by atoms with Crippen molar-refractivity contribution in [3.8, 4) is 22.6 Å². The third kappa shape index (κ3) is 4.35. The summed E-state index contributed by atoms with van der Waals surface area (Å²) < 4.78 is 56.5. The van der Waals surface area contributed by atoms with Crippen molar-refractivity contribution in [2.75, 3.05) is 5.32 Å². The van der Waals surface area contributed by atoms with Gasteiger partial charge in [0, 0.05) is 41.1 Å². The van der Waals surface area contributed by atoms with Crippen molar-refractivity contribution in [3.63, 3.8) is 0 Å². The maximum atomic E-state index is 13.8. The molecule has 5 nitrogen and oxygen atoms in total. The molecule has 0 aliphatic heterocycles. The van der Waals surface area contributed by atoms with E-state index in [-0.39, 0.29) is 11.3 Å². The molecule has 9 heteroatoms. The van der Waals surface area contributed by atoms with Crippen LogP contribution < -0.4 is 5.32 Å². The summed E-state index contributed by atoms with van der Waals surface area (Å²) in [5, 5.41) is 2.85. The van der Waals surface area contributed by atoms with Crippen molar-refractivity contribution in [3.05, 3.63) is 109 Å². The summed E-state index contributed by atoms with van der Waals surface area (Å²) in [6.07, 6.45) is 3.55. The van der Waals surface area contributed by atoms with Gasteiger partial charge in [-0.15, -0.1) is 0 Å². The molecule has 5 aromatic rings. The first-order valence-electron chi connectivity index (χ1n) is 10.5. The van der Waals surface area contributed by atoms with Crippen LogP contribution in [0.2, 0.25) is 0 Å². The summed E-state index contributed by atoms with van der Waals surface area (Å²) in [6.45, 7) is 3.82. The first-order chi connectivity index (χ1) is 16.8. The monoisotopic (exact) mass is 475 g/mol. The number of hydrogen-bond donors (Lipinski definition) is 1. The van der Waals surface area contributed by atoms with E-state index in [9.17, 15) is 17.6 Å². The molecule has 0 bridgehead atoms. The lowest BCUT2D eigenvalue weighted by Gasteiger charge is -2.18. The van der Waals surface area contributed by atoms with E-state index in [2.05, 4.69) is 26.8 Å². The maximum Gasteiger partial charge on any atom is 0.417 e. The number of halogens is 4. The smallest absolute Gasteiger partial charge is 0.356 e. The van der Waals surface area contributed by atoms with Gasteiger partial charge >= 0.3 is 6.18 Å². The average molecular weight is 475 g/mol. The Morgan fingerprint density at radius 3 is 2.46 bits per heavy atom. The molecule has 5 rings (SSSR count). The largest absolute Gasteiger partial charge is 0.417 e. The van der Waals surface area contributed by atoms with Crippen molar-refractivity contribution >= 4 is 16.9 Å². The Morgan fingerprint density at radius 2 is 1.74 bits per heavy atom. The molecular weight excluding hydrogens is 458 g/mol. The van der Waals surface area contributed by atoms with Crippen molar-refractivity contribution in [2.45, 2.75) is 6.18 Å². The number of fused-ring (bicyclic) bond motifs is 1. The van der Waals surface area contributed by atoms with Gasteiger partial charge in [0.2, 0.25) is 0 Å². The highest BCUT2D eigenvalue weighted by Crippen LogP contribution is 2.38. The van der Waals surface area contributed by atoms with Crippen LogP contribution in [-0.2, 0) is 6.18 Å². The fourth-order valence-corrected chi connectivity index (χ4v) is 3.85. The summed E-state index contributed by atoms with van der Waals surface area (Å²) in [4.78, 5) is 12.8. The van der Waals surface area contributed by atoms with Gasteiger partial charge in [-0.1, -0.05) is 18.7 Å². The number of imidazole rings is 1. The zero-order valence-electron chi connectivity index (χ0n) is 18.1. The molecule has 0 spiro atoms. The van der Waals surface area contributed by atoms with Crippen LogP contribution in [0.5, 0.6) is 0 Å². The van der Waals surface area contributed by atoms with E-state index in [0.717, 1.165) is 6.07 Å². The molecule has 0 unspecified atom stereocenters. The van der Waals surface area contributed by atoms with Gasteiger partial charge in [0.1, 0.15) is 11.5 Å². The van der Waals surface area contributed by atoms with E-state index in [1.54, 1.807) is 43.1 Å². The van der Waals surface area contributed by atoms with Crippen LogP contribution in [0.15, 0.2) is 92.2 Å². The molecule has 0 fully saturated rings. The summed E-state index contributed by atoms with van der Waals surface area (Å²) in [5.41, 5.74) is 1.99. The van der Waals surface area contributed by atoms with Gasteiger partial charge in [0.05, 0.1) is 23.5 Å². The molecule has 0 aliphatic carbocycles. The molecule has 0 aliphatic rings. The van der Waals surface area contributed by atoms with Crippen LogP contribution in [-0.4, -0.2) is 19.4 Å². The Labute approximate surface area is 197 Å². The second kappa shape index (κ2) is 8.68. The first kappa shape index (κ1) is 22.3. The van der Waals surface area contributed by atoms with Crippen LogP contribution >= 0.6 is 0 Å². The molecule has 0 radical (unpaired) electrons. The summed E-state index contributed by atoms with van der Waals surface area (Å²) >= 11 is 0.